The van der Waals surface area contributed by atoms with Gasteiger partial charge in [-0.3, -0.25) is 4.79 Å². The van der Waals surface area contributed by atoms with Crippen LogP contribution in [0.15, 0.2) is 54.6 Å². The van der Waals surface area contributed by atoms with E-state index in [1.165, 1.54) is 0 Å². The number of likely N-dealkylation sites (N-methyl/N-ethyl adjacent to an activating group) is 1. The van der Waals surface area contributed by atoms with Crippen LogP contribution in [0.4, 0.5) is 0 Å². The molecule has 0 unspecified atom stereocenters. The molecule has 0 aliphatic heterocycles. The summed E-state index contributed by atoms with van der Waals surface area (Å²) < 4.78 is 0. The van der Waals surface area contributed by atoms with Crippen molar-refractivity contribution in [3.05, 3.63) is 70.7 Å². The molecule has 2 rings (SSSR count). The predicted octanol–water partition coefficient (Wildman–Crippen LogP) is 3.26. The Morgan fingerprint density at radius 1 is 1.14 bits per heavy atom. The van der Waals surface area contributed by atoms with Crippen molar-refractivity contribution < 1.29 is 4.79 Å². The number of hydrogen-bond acceptors (Lipinski definition) is 2. The van der Waals surface area contributed by atoms with Crippen LogP contribution in [0.3, 0.4) is 0 Å². The van der Waals surface area contributed by atoms with Gasteiger partial charge in [0.2, 0.25) is 5.91 Å². The molecule has 1 amide bonds. The smallest absolute Gasteiger partial charge is 0.240 e. The van der Waals surface area contributed by atoms with Crippen LogP contribution in [-0.4, -0.2) is 23.4 Å². The lowest BCUT2D eigenvalue weighted by atomic mass is 10.1. The van der Waals surface area contributed by atoms with Crippen LogP contribution in [0, 0.1) is 0 Å². The lowest BCUT2D eigenvalue weighted by Gasteiger charge is -2.24. The lowest BCUT2D eigenvalue weighted by Crippen LogP contribution is -2.44. The van der Waals surface area contributed by atoms with E-state index in [1.807, 2.05) is 61.5 Å². The van der Waals surface area contributed by atoms with E-state index in [0.29, 0.717) is 24.5 Å². The third kappa shape index (κ3) is 4.58. The minimum atomic E-state index is -0.526. The van der Waals surface area contributed by atoms with Crippen LogP contribution in [0.2, 0.25) is 5.02 Å². The molecule has 2 aromatic carbocycles. The second-order valence-corrected chi connectivity index (χ2v) is 5.71. The van der Waals surface area contributed by atoms with Gasteiger partial charge in [-0.15, -0.1) is 0 Å². The zero-order chi connectivity index (χ0) is 15.9. The minimum Gasteiger partial charge on any atom is -0.337 e. The van der Waals surface area contributed by atoms with Crippen molar-refractivity contribution in [1.29, 1.82) is 0 Å². The largest absolute Gasteiger partial charge is 0.337 e. The van der Waals surface area contributed by atoms with Gasteiger partial charge in [0.25, 0.3) is 0 Å². The molecule has 4 heteroatoms. The van der Waals surface area contributed by atoms with Crippen molar-refractivity contribution in [3.8, 4) is 0 Å². The Labute approximate surface area is 136 Å². The average molecular weight is 317 g/mol. The molecule has 0 radical (unpaired) electrons. The number of carbonyl (C=O) groups excluding carboxylic acids is 1. The molecule has 2 N–H and O–H groups in total. The number of nitrogens with zero attached hydrogens (tertiary/aromatic N) is 1. The number of amides is 1. The topological polar surface area (TPSA) is 46.3 Å². The average Bonchev–Trinajstić information content (AvgIpc) is 2.53. The third-order valence-electron chi connectivity index (χ3n) is 3.57. The maximum atomic E-state index is 12.5. The van der Waals surface area contributed by atoms with Gasteiger partial charge in [-0.05, 0) is 36.6 Å². The van der Waals surface area contributed by atoms with E-state index >= 15 is 0 Å². The van der Waals surface area contributed by atoms with Crippen LogP contribution < -0.4 is 5.73 Å². The van der Waals surface area contributed by atoms with Crippen LogP contribution in [0.5, 0.6) is 0 Å². The molecular formula is C18H21ClN2O. The van der Waals surface area contributed by atoms with E-state index in [4.69, 9.17) is 17.3 Å². The van der Waals surface area contributed by atoms with E-state index in [0.717, 1.165) is 11.1 Å². The minimum absolute atomic E-state index is 0.0358. The molecule has 0 aliphatic carbocycles. The van der Waals surface area contributed by atoms with Crippen molar-refractivity contribution in [2.45, 2.75) is 25.9 Å². The zero-order valence-corrected chi connectivity index (χ0v) is 13.5. The molecular weight excluding hydrogens is 296 g/mol. The first-order valence-corrected chi connectivity index (χ1v) is 7.80. The van der Waals surface area contributed by atoms with Crippen molar-refractivity contribution in [2.24, 2.45) is 5.73 Å². The summed E-state index contributed by atoms with van der Waals surface area (Å²) in [6, 6.07) is 16.9. The Hall–Kier alpha value is -1.84. The van der Waals surface area contributed by atoms with Crippen molar-refractivity contribution in [1.82, 2.24) is 4.90 Å². The molecule has 0 fully saturated rings. The molecule has 0 saturated carbocycles. The molecule has 0 aromatic heterocycles. The molecule has 116 valence electrons. The van der Waals surface area contributed by atoms with Crippen molar-refractivity contribution in [3.63, 3.8) is 0 Å². The summed E-state index contributed by atoms with van der Waals surface area (Å²) in [7, 11) is 0. The maximum Gasteiger partial charge on any atom is 0.240 e. The molecule has 22 heavy (non-hydrogen) atoms. The number of halogens is 1. The van der Waals surface area contributed by atoms with Gasteiger partial charge in [0.05, 0.1) is 6.04 Å². The number of carbonyl (C=O) groups is 1. The predicted molar refractivity (Wildman–Crippen MR) is 90.7 cm³/mol. The number of hydrogen-bond donors (Lipinski definition) is 1. The summed E-state index contributed by atoms with van der Waals surface area (Å²) in [4.78, 5) is 14.3. The van der Waals surface area contributed by atoms with E-state index in [2.05, 4.69) is 0 Å². The molecule has 2 aromatic rings. The highest BCUT2D eigenvalue weighted by Crippen LogP contribution is 2.13. The summed E-state index contributed by atoms with van der Waals surface area (Å²) in [6.45, 7) is 3.10. The molecule has 0 aliphatic rings. The highest BCUT2D eigenvalue weighted by molar-refractivity contribution is 6.30. The van der Waals surface area contributed by atoms with Gasteiger partial charge in [0.1, 0.15) is 0 Å². The quantitative estimate of drug-likeness (QED) is 0.889. The molecule has 0 bridgehead atoms. The molecule has 0 spiro atoms. The summed E-state index contributed by atoms with van der Waals surface area (Å²) in [5.41, 5.74) is 8.17. The van der Waals surface area contributed by atoms with Gasteiger partial charge >= 0.3 is 0 Å². The fourth-order valence-electron chi connectivity index (χ4n) is 2.39. The van der Waals surface area contributed by atoms with Crippen LogP contribution >= 0.6 is 11.6 Å². The summed E-state index contributed by atoms with van der Waals surface area (Å²) in [5, 5.41) is 0.676. The van der Waals surface area contributed by atoms with Gasteiger partial charge < -0.3 is 10.6 Å². The monoisotopic (exact) mass is 316 g/mol. The fourth-order valence-corrected chi connectivity index (χ4v) is 2.60. The van der Waals surface area contributed by atoms with Crippen LogP contribution in [0.25, 0.3) is 0 Å². The normalized spacial score (nSPS) is 12.0. The Bertz CT molecular complexity index is 615. The Balaban J connectivity index is 2.01. The summed E-state index contributed by atoms with van der Waals surface area (Å²) in [5.74, 6) is -0.0358. The standard InChI is InChI=1S/C18H21ClN2O/c1-2-21(13-15-9-6-10-16(19)11-15)18(22)17(20)12-14-7-4-3-5-8-14/h3-11,17H,2,12-13,20H2,1H3/t17-/m0/s1. The first kappa shape index (κ1) is 16.5. The maximum absolute atomic E-state index is 12.5. The Morgan fingerprint density at radius 2 is 1.82 bits per heavy atom. The SMILES string of the molecule is CCN(Cc1cccc(Cl)c1)C(=O)[C@@H](N)Cc1ccccc1. The van der Waals surface area contributed by atoms with Crippen LogP contribution in [-0.2, 0) is 17.8 Å². The number of nitrogens with two attached hydrogens (primary N) is 1. The fraction of sp³-hybridized carbons (Fsp3) is 0.278. The second-order valence-electron chi connectivity index (χ2n) is 5.28. The lowest BCUT2D eigenvalue weighted by molar-refractivity contribution is -0.133. The van der Waals surface area contributed by atoms with Gasteiger partial charge in [-0.1, -0.05) is 54.1 Å². The summed E-state index contributed by atoms with van der Waals surface area (Å²) >= 11 is 5.99. The third-order valence-corrected chi connectivity index (χ3v) is 3.81. The molecule has 0 heterocycles. The highest BCUT2D eigenvalue weighted by atomic mass is 35.5. The first-order valence-electron chi connectivity index (χ1n) is 7.43. The van der Waals surface area contributed by atoms with Crippen molar-refractivity contribution >= 4 is 17.5 Å². The number of benzene rings is 2. The first-order chi connectivity index (χ1) is 10.6. The summed E-state index contributed by atoms with van der Waals surface area (Å²) in [6.07, 6.45) is 0.547. The van der Waals surface area contributed by atoms with Crippen LogP contribution in [0.1, 0.15) is 18.1 Å². The number of rotatable bonds is 6. The Kier molecular flexibility index (Phi) is 5.99. The molecule has 0 saturated heterocycles. The molecule has 3 nitrogen and oxygen atoms in total. The Morgan fingerprint density at radius 3 is 2.45 bits per heavy atom. The second kappa shape index (κ2) is 7.97. The van der Waals surface area contributed by atoms with Crippen molar-refractivity contribution in [2.75, 3.05) is 6.54 Å². The van der Waals surface area contributed by atoms with E-state index in [-0.39, 0.29) is 5.91 Å². The van der Waals surface area contributed by atoms with E-state index < -0.39 is 6.04 Å². The zero-order valence-electron chi connectivity index (χ0n) is 12.7. The van der Waals surface area contributed by atoms with Gasteiger partial charge in [-0.25, -0.2) is 0 Å². The van der Waals surface area contributed by atoms with Gasteiger partial charge in [0, 0.05) is 18.1 Å². The molecule has 1 atom stereocenters. The van der Waals surface area contributed by atoms with E-state index in [1.54, 1.807) is 4.90 Å². The highest BCUT2D eigenvalue weighted by Gasteiger charge is 2.20. The van der Waals surface area contributed by atoms with E-state index in [9.17, 15) is 4.79 Å². The van der Waals surface area contributed by atoms with Gasteiger partial charge in [-0.2, -0.15) is 0 Å². The van der Waals surface area contributed by atoms with Gasteiger partial charge in [0.15, 0.2) is 0 Å².